The van der Waals surface area contributed by atoms with E-state index >= 15 is 0 Å². The minimum absolute atomic E-state index is 0.137. The maximum Gasteiger partial charge on any atom is 0.333 e. The molecule has 1 fully saturated rings. The van der Waals surface area contributed by atoms with E-state index in [-0.39, 0.29) is 12.1 Å². The number of carbonyl (C=O) groups excluding carboxylic acids is 1. The third-order valence-corrected chi connectivity index (χ3v) is 3.38. The molecule has 96 valence electrons. The standard InChI is InChI=1S/C13H12N4O2/c1-8-15-10-4-3-9(5-12(10)19-8)11-6-17(7-14)13(18)16(11)2/h3-5,11H,6H2,1-2H3. The highest BCUT2D eigenvalue weighted by atomic mass is 16.3. The molecule has 3 rings (SSSR count). The number of urea groups is 1. The van der Waals surface area contributed by atoms with Crippen molar-refractivity contribution in [2.24, 2.45) is 0 Å². The van der Waals surface area contributed by atoms with Gasteiger partial charge in [-0.05, 0) is 17.7 Å². The lowest BCUT2D eigenvalue weighted by Gasteiger charge is -2.17. The fourth-order valence-electron chi connectivity index (χ4n) is 2.37. The third-order valence-electron chi connectivity index (χ3n) is 3.38. The largest absolute Gasteiger partial charge is 0.441 e. The van der Waals surface area contributed by atoms with Gasteiger partial charge in [-0.15, -0.1) is 0 Å². The van der Waals surface area contributed by atoms with Crippen molar-refractivity contribution in [3.8, 4) is 6.19 Å². The van der Waals surface area contributed by atoms with Gasteiger partial charge in [-0.3, -0.25) is 0 Å². The number of nitriles is 1. The molecular weight excluding hydrogens is 244 g/mol. The number of oxazole rings is 1. The fourth-order valence-corrected chi connectivity index (χ4v) is 2.37. The molecule has 0 aliphatic carbocycles. The number of aryl methyl sites for hydroxylation is 1. The molecule has 2 amide bonds. The number of hydrogen-bond donors (Lipinski definition) is 0. The molecule has 6 heteroatoms. The molecule has 1 unspecified atom stereocenters. The topological polar surface area (TPSA) is 73.4 Å². The maximum atomic E-state index is 11.8. The van der Waals surface area contributed by atoms with Crippen LogP contribution in [0.15, 0.2) is 22.6 Å². The van der Waals surface area contributed by atoms with Crippen LogP contribution in [0, 0.1) is 18.4 Å². The molecule has 1 aromatic carbocycles. The lowest BCUT2D eigenvalue weighted by atomic mass is 10.1. The minimum Gasteiger partial charge on any atom is -0.441 e. The zero-order valence-corrected chi connectivity index (χ0v) is 10.6. The van der Waals surface area contributed by atoms with Crippen LogP contribution in [0.2, 0.25) is 0 Å². The zero-order valence-electron chi connectivity index (χ0n) is 10.6. The Kier molecular flexibility index (Phi) is 2.42. The smallest absolute Gasteiger partial charge is 0.333 e. The number of likely N-dealkylation sites (N-methyl/N-ethyl adjacent to an activating group) is 1. The Balaban J connectivity index is 2.00. The minimum atomic E-state index is -0.277. The number of carbonyl (C=O) groups is 1. The molecule has 0 N–H and O–H groups in total. The molecule has 1 aromatic heterocycles. The monoisotopic (exact) mass is 256 g/mol. The van der Waals surface area contributed by atoms with Crippen LogP contribution in [0.1, 0.15) is 17.5 Å². The average Bonchev–Trinajstić information content (AvgIpc) is 2.90. The molecule has 6 nitrogen and oxygen atoms in total. The first-order chi connectivity index (χ1) is 9.10. The summed E-state index contributed by atoms with van der Waals surface area (Å²) in [5, 5.41) is 8.89. The molecule has 0 radical (unpaired) electrons. The van der Waals surface area contributed by atoms with Crippen LogP contribution < -0.4 is 0 Å². The summed E-state index contributed by atoms with van der Waals surface area (Å²) in [5.74, 6) is 0.613. The maximum absolute atomic E-state index is 11.8. The van der Waals surface area contributed by atoms with E-state index in [1.165, 1.54) is 0 Å². The number of rotatable bonds is 1. The van der Waals surface area contributed by atoms with Gasteiger partial charge in [0.2, 0.25) is 0 Å². The van der Waals surface area contributed by atoms with Gasteiger partial charge in [0.25, 0.3) is 0 Å². The van der Waals surface area contributed by atoms with Crippen molar-refractivity contribution in [2.75, 3.05) is 13.6 Å². The zero-order chi connectivity index (χ0) is 13.6. The van der Waals surface area contributed by atoms with E-state index < -0.39 is 0 Å². The Morgan fingerprint density at radius 2 is 2.32 bits per heavy atom. The van der Waals surface area contributed by atoms with Crippen molar-refractivity contribution < 1.29 is 9.21 Å². The lowest BCUT2D eigenvalue weighted by molar-refractivity contribution is 0.205. The van der Waals surface area contributed by atoms with Gasteiger partial charge in [0.15, 0.2) is 17.7 Å². The second-order valence-electron chi connectivity index (χ2n) is 4.58. The molecule has 1 atom stereocenters. The molecule has 0 spiro atoms. The Labute approximate surface area is 109 Å². The van der Waals surface area contributed by atoms with E-state index in [2.05, 4.69) is 4.98 Å². The second-order valence-corrected chi connectivity index (χ2v) is 4.58. The van der Waals surface area contributed by atoms with Crippen LogP contribution in [-0.2, 0) is 0 Å². The Bertz CT molecular complexity index is 700. The van der Waals surface area contributed by atoms with Gasteiger partial charge in [0.1, 0.15) is 5.52 Å². The number of hydrogen-bond acceptors (Lipinski definition) is 4. The van der Waals surface area contributed by atoms with Gasteiger partial charge >= 0.3 is 6.03 Å². The van der Waals surface area contributed by atoms with Crippen molar-refractivity contribution in [1.82, 2.24) is 14.8 Å². The van der Waals surface area contributed by atoms with Gasteiger partial charge in [-0.1, -0.05) is 6.07 Å². The fraction of sp³-hybridized carbons (Fsp3) is 0.308. The number of nitrogens with zero attached hydrogens (tertiary/aromatic N) is 4. The Morgan fingerprint density at radius 3 is 3.00 bits per heavy atom. The van der Waals surface area contributed by atoms with Crippen LogP contribution >= 0.6 is 0 Å². The highest BCUT2D eigenvalue weighted by Gasteiger charge is 2.35. The van der Waals surface area contributed by atoms with Crippen LogP contribution in [0.3, 0.4) is 0 Å². The summed E-state index contributed by atoms with van der Waals surface area (Å²) in [4.78, 5) is 18.7. The predicted octanol–water partition coefficient (Wildman–Crippen LogP) is 2.03. The van der Waals surface area contributed by atoms with Gasteiger partial charge in [0.05, 0.1) is 12.6 Å². The summed E-state index contributed by atoms with van der Waals surface area (Å²) in [6.45, 7) is 2.16. The Hall–Kier alpha value is -2.55. The van der Waals surface area contributed by atoms with Crippen LogP contribution in [0.5, 0.6) is 0 Å². The van der Waals surface area contributed by atoms with Crippen LogP contribution in [0.25, 0.3) is 11.1 Å². The summed E-state index contributed by atoms with van der Waals surface area (Å²) in [7, 11) is 1.69. The molecular formula is C13H12N4O2. The van der Waals surface area contributed by atoms with Crippen molar-refractivity contribution in [2.45, 2.75) is 13.0 Å². The van der Waals surface area contributed by atoms with Crippen LogP contribution in [0.4, 0.5) is 4.79 Å². The number of fused-ring (bicyclic) bond motifs is 1. The molecule has 2 aromatic rings. The first-order valence-corrected chi connectivity index (χ1v) is 5.91. The first kappa shape index (κ1) is 11.5. The summed E-state index contributed by atoms with van der Waals surface area (Å²) in [6, 6.07) is 5.25. The third kappa shape index (κ3) is 1.71. The molecule has 0 bridgehead atoms. The normalized spacial score (nSPS) is 19.2. The average molecular weight is 256 g/mol. The quantitative estimate of drug-likeness (QED) is 0.732. The molecule has 2 heterocycles. The van der Waals surface area contributed by atoms with Crippen molar-refractivity contribution in [3.63, 3.8) is 0 Å². The molecule has 1 aliphatic heterocycles. The van der Waals surface area contributed by atoms with Crippen molar-refractivity contribution >= 4 is 17.1 Å². The van der Waals surface area contributed by atoms with Gasteiger partial charge in [-0.25, -0.2) is 14.7 Å². The van der Waals surface area contributed by atoms with Crippen molar-refractivity contribution in [3.05, 3.63) is 29.7 Å². The first-order valence-electron chi connectivity index (χ1n) is 5.91. The summed E-state index contributed by atoms with van der Waals surface area (Å²) < 4.78 is 5.49. The molecule has 19 heavy (non-hydrogen) atoms. The van der Waals surface area contributed by atoms with E-state index in [9.17, 15) is 4.79 Å². The van der Waals surface area contributed by atoms with Crippen LogP contribution in [-0.4, -0.2) is 34.4 Å². The van der Waals surface area contributed by atoms with Gasteiger partial charge < -0.3 is 9.32 Å². The SMILES string of the molecule is Cc1nc2ccc(C3CN(C#N)C(=O)N3C)cc2o1. The molecule has 1 saturated heterocycles. The highest BCUT2D eigenvalue weighted by Crippen LogP contribution is 2.29. The number of aromatic nitrogens is 1. The molecule has 0 saturated carbocycles. The van der Waals surface area contributed by atoms with E-state index in [0.29, 0.717) is 18.0 Å². The highest BCUT2D eigenvalue weighted by molar-refractivity contribution is 5.79. The van der Waals surface area contributed by atoms with E-state index in [0.717, 1.165) is 16.0 Å². The van der Waals surface area contributed by atoms with Crippen molar-refractivity contribution in [1.29, 1.82) is 5.26 Å². The summed E-state index contributed by atoms with van der Waals surface area (Å²) >= 11 is 0. The lowest BCUT2D eigenvalue weighted by Crippen LogP contribution is -2.26. The number of benzene rings is 1. The summed E-state index contributed by atoms with van der Waals surface area (Å²) in [5.41, 5.74) is 2.44. The Morgan fingerprint density at radius 1 is 1.53 bits per heavy atom. The van der Waals surface area contributed by atoms with E-state index in [1.54, 1.807) is 18.9 Å². The van der Waals surface area contributed by atoms with E-state index in [4.69, 9.17) is 9.68 Å². The molecule has 1 aliphatic rings. The number of amides is 2. The van der Waals surface area contributed by atoms with Gasteiger partial charge in [0, 0.05) is 14.0 Å². The van der Waals surface area contributed by atoms with E-state index in [1.807, 2.05) is 24.4 Å². The predicted molar refractivity (Wildman–Crippen MR) is 67.0 cm³/mol. The summed E-state index contributed by atoms with van der Waals surface area (Å²) in [6.07, 6.45) is 1.89. The van der Waals surface area contributed by atoms with Gasteiger partial charge in [-0.2, -0.15) is 5.26 Å². The second kappa shape index (κ2) is 3.99.